The van der Waals surface area contributed by atoms with E-state index in [0.29, 0.717) is 19.3 Å². The molecule has 0 aliphatic heterocycles. The predicted octanol–water partition coefficient (Wildman–Crippen LogP) is 16.9. The number of esters is 3. The number of ether oxygens (including phenoxy) is 3. The van der Waals surface area contributed by atoms with Crippen molar-refractivity contribution in [2.75, 3.05) is 13.2 Å². The van der Waals surface area contributed by atoms with E-state index in [0.717, 1.165) is 69.6 Å². The second-order valence-electron chi connectivity index (χ2n) is 19.1. The van der Waals surface area contributed by atoms with Crippen LogP contribution in [0.3, 0.4) is 0 Å². The first kappa shape index (κ1) is 57.4. The molecule has 0 aliphatic rings. The van der Waals surface area contributed by atoms with E-state index in [4.69, 9.17) is 14.2 Å². The summed E-state index contributed by atoms with van der Waals surface area (Å²) in [7, 11) is 0. The van der Waals surface area contributed by atoms with E-state index in [2.05, 4.69) is 34.6 Å². The molecule has 6 heteroatoms. The van der Waals surface area contributed by atoms with Crippen molar-refractivity contribution in [2.45, 2.75) is 298 Å². The third kappa shape index (κ3) is 47.3. The van der Waals surface area contributed by atoms with Gasteiger partial charge in [-0.25, -0.2) is 0 Å². The minimum atomic E-state index is -0.761. The maximum Gasteiger partial charge on any atom is 0.306 e. The van der Waals surface area contributed by atoms with Crippen molar-refractivity contribution in [1.82, 2.24) is 0 Å². The maximum absolute atomic E-state index is 12.8. The molecule has 59 heavy (non-hydrogen) atoms. The summed E-state index contributed by atoms with van der Waals surface area (Å²) in [5.74, 6) is 0.817. The Balaban J connectivity index is 4.30. The summed E-state index contributed by atoms with van der Waals surface area (Å²) in [6.07, 6.45) is 46.6. The zero-order valence-corrected chi connectivity index (χ0v) is 40.4. The molecule has 0 aromatic rings. The van der Waals surface area contributed by atoms with E-state index >= 15 is 0 Å². The zero-order chi connectivity index (χ0) is 43.3. The Hall–Kier alpha value is -1.59. The molecule has 0 fully saturated rings. The van der Waals surface area contributed by atoms with Crippen LogP contribution in [0.1, 0.15) is 291 Å². The molecule has 0 N–H and O–H groups in total. The molecule has 6 nitrogen and oxygen atoms in total. The van der Waals surface area contributed by atoms with Crippen LogP contribution in [-0.2, 0) is 28.6 Å². The number of unbranched alkanes of at least 4 members (excludes halogenated alkanes) is 32. The maximum atomic E-state index is 12.8. The van der Waals surface area contributed by atoms with Crippen LogP contribution in [0.25, 0.3) is 0 Å². The van der Waals surface area contributed by atoms with Gasteiger partial charge in [-0.05, 0) is 31.1 Å². The first-order valence-electron chi connectivity index (χ1n) is 26.2. The third-order valence-electron chi connectivity index (χ3n) is 12.0. The van der Waals surface area contributed by atoms with Gasteiger partial charge in [-0.3, -0.25) is 14.4 Å². The highest BCUT2D eigenvalue weighted by molar-refractivity contribution is 5.71. The first-order chi connectivity index (χ1) is 28.7. The standard InChI is InChI=1S/C53H102O6/c1-6-7-8-9-10-11-16-23-28-33-38-43-51(54)57-46-50(59-53(56)45-40-35-30-25-20-15-18-22-27-32-37-42-49(4)5)47-58-52(55)44-39-34-29-24-19-14-12-13-17-21-26-31-36-41-48(2)3/h48-50H,6-47H2,1-5H3/t50-/m0/s1. The van der Waals surface area contributed by atoms with Crippen LogP contribution in [-0.4, -0.2) is 37.2 Å². The number of carbonyl (C=O) groups is 3. The number of carbonyl (C=O) groups excluding carboxylic acids is 3. The Morgan fingerprint density at radius 1 is 0.322 bits per heavy atom. The van der Waals surface area contributed by atoms with Gasteiger partial charge in [-0.1, -0.05) is 253 Å². The largest absolute Gasteiger partial charge is 0.462 e. The Labute approximate surface area is 368 Å². The predicted molar refractivity (Wildman–Crippen MR) is 252 cm³/mol. The highest BCUT2D eigenvalue weighted by Gasteiger charge is 2.19. The minimum Gasteiger partial charge on any atom is -0.462 e. The highest BCUT2D eigenvalue weighted by Crippen LogP contribution is 2.17. The lowest BCUT2D eigenvalue weighted by Crippen LogP contribution is -2.30. The Morgan fingerprint density at radius 2 is 0.559 bits per heavy atom. The Kier molecular flexibility index (Phi) is 44.7. The molecule has 0 radical (unpaired) electrons. The van der Waals surface area contributed by atoms with Crippen LogP contribution < -0.4 is 0 Å². The fraction of sp³-hybridized carbons (Fsp3) is 0.943. The van der Waals surface area contributed by atoms with Gasteiger partial charge in [-0.15, -0.1) is 0 Å². The molecule has 0 unspecified atom stereocenters. The molecule has 0 heterocycles. The van der Waals surface area contributed by atoms with E-state index < -0.39 is 6.10 Å². The summed E-state index contributed by atoms with van der Waals surface area (Å²) >= 11 is 0. The molecule has 0 aromatic heterocycles. The van der Waals surface area contributed by atoms with E-state index in [1.165, 1.54) is 180 Å². The van der Waals surface area contributed by atoms with E-state index in [1.807, 2.05) is 0 Å². The van der Waals surface area contributed by atoms with Crippen molar-refractivity contribution in [3.05, 3.63) is 0 Å². The zero-order valence-electron chi connectivity index (χ0n) is 40.4. The lowest BCUT2D eigenvalue weighted by molar-refractivity contribution is -0.167. The topological polar surface area (TPSA) is 78.9 Å². The Bertz CT molecular complexity index is 900. The van der Waals surface area contributed by atoms with Crippen LogP contribution in [0.15, 0.2) is 0 Å². The molecule has 0 aliphatic carbocycles. The SMILES string of the molecule is CCCCCCCCCCCCCC(=O)OC[C@@H](COC(=O)CCCCCCCCCCCCCCCC(C)C)OC(=O)CCCCCCCCCCCCCC(C)C. The molecule has 0 spiro atoms. The normalized spacial score (nSPS) is 12.1. The van der Waals surface area contributed by atoms with Crippen molar-refractivity contribution in [3.8, 4) is 0 Å². The van der Waals surface area contributed by atoms with Crippen molar-refractivity contribution in [2.24, 2.45) is 11.8 Å². The molecule has 0 saturated heterocycles. The van der Waals surface area contributed by atoms with Crippen LogP contribution >= 0.6 is 0 Å². The number of hydrogen-bond donors (Lipinski definition) is 0. The van der Waals surface area contributed by atoms with Gasteiger partial charge < -0.3 is 14.2 Å². The molecular formula is C53H102O6. The van der Waals surface area contributed by atoms with Gasteiger partial charge in [0.15, 0.2) is 6.10 Å². The van der Waals surface area contributed by atoms with Crippen LogP contribution in [0.2, 0.25) is 0 Å². The average molecular weight is 835 g/mol. The molecular weight excluding hydrogens is 733 g/mol. The van der Waals surface area contributed by atoms with E-state index in [-0.39, 0.29) is 31.1 Å². The summed E-state index contributed by atoms with van der Waals surface area (Å²) in [6, 6.07) is 0. The first-order valence-corrected chi connectivity index (χ1v) is 26.2. The number of hydrogen-bond acceptors (Lipinski definition) is 6. The van der Waals surface area contributed by atoms with Crippen molar-refractivity contribution in [3.63, 3.8) is 0 Å². The molecule has 1 atom stereocenters. The van der Waals surface area contributed by atoms with Crippen LogP contribution in [0.5, 0.6) is 0 Å². The summed E-state index contributed by atoms with van der Waals surface area (Å²) in [5, 5.41) is 0. The lowest BCUT2D eigenvalue weighted by Gasteiger charge is -2.18. The molecule has 350 valence electrons. The summed E-state index contributed by atoms with van der Waals surface area (Å²) < 4.78 is 16.8. The fourth-order valence-electron chi connectivity index (χ4n) is 7.99. The van der Waals surface area contributed by atoms with Gasteiger partial charge >= 0.3 is 17.9 Å². The van der Waals surface area contributed by atoms with Gasteiger partial charge in [0.25, 0.3) is 0 Å². The lowest BCUT2D eigenvalue weighted by atomic mass is 10.0. The van der Waals surface area contributed by atoms with Crippen molar-refractivity contribution >= 4 is 17.9 Å². The summed E-state index contributed by atoms with van der Waals surface area (Å²) in [6.45, 7) is 11.4. The second kappa shape index (κ2) is 45.9. The number of rotatable bonds is 47. The molecule has 0 saturated carbocycles. The molecule has 0 aromatic carbocycles. The van der Waals surface area contributed by atoms with Gasteiger partial charge in [0.05, 0.1) is 0 Å². The highest BCUT2D eigenvalue weighted by atomic mass is 16.6. The molecule has 0 rings (SSSR count). The summed E-state index contributed by atoms with van der Waals surface area (Å²) in [5.41, 5.74) is 0. The van der Waals surface area contributed by atoms with Gasteiger partial charge in [-0.2, -0.15) is 0 Å². The quantitative estimate of drug-likeness (QED) is 0.0345. The van der Waals surface area contributed by atoms with E-state index in [1.54, 1.807) is 0 Å². The second-order valence-corrected chi connectivity index (χ2v) is 19.1. The van der Waals surface area contributed by atoms with Crippen LogP contribution in [0, 0.1) is 11.8 Å². The monoisotopic (exact) mass is 835 g/mol. The average Bonchev–Trinajstić information content (AvgIpc) is 3.20. The smallest absolute Gasteiger partial charge is 0.306 e. The third-order valence-corrected chi connectivity index (χ3v) is 12.0. The van der Waals surface area contributed by atoms with Crippen molar-refractivity contribution in [1.29, 1.82) is 0 Å². The van der Waals surface area contributed by atoms with Gasteiger partial charge in [0.2, 0.25) is 0 Å². The van der Waals surface area contributed by atoms with Gasteiger partial charge in [0, 0.05) is 19.3 Å². The molecule has 0 amide bonds. The van der Waals surface area contributed by atoms with E-state index in [9.17, 15) is 14.4 Å². The van der Waals surface area contributed by atoms with Crippen LogP contribution in [0.4, 0.5) is 0 Å². The van der Waals surface area contributed by atoms with Gasteiger partial charge in [0.1, 0.15) is 13.2 Å². The summed E-state index contributed by atoms with van der Waals surface area (Å²) in [4.78, 5) is 37.9. The molecule has 0 bridgehead atoms. The minimum absolute atomic E-state index is 0.0635. The Morgan fingerprint density at radius 3 is 0.831 bits per heavy atom. The fourth-order valence-corrected chi connectivity index (χ4v) is 7.99. The van der Waals surface area contributed by atoms with Crippen molar-refractivity contribution < 1.29 is 28.6 Å².